The summed E-state index contributed by atoms with van der Waals surface area (Å²) in [6, 6.07) is 16.9. The molecule has 0 aliphatic carbocycles. The van der Waals surface area contributed by atoms with E-state index in [4.69, 9.17) is 4.74 Å². The molecule has 0 saturated heterocycles. The number of hydrogen-bond acceptors (Lipinski definition) is 2. The molecule has 2 aromatic carbocycles. The smallest absolute Gasteiger partial charge is 0.390 e. The summed E-state index contributed by atoms with van der Waals surface area (Å²) in [5, 5.41) is 0. The van der Waals surface area contributed by atoms with Crippen LogP contribution in [0.25, 0.3) is 0 Å². The third-order valence-electron chi connectivity index (χ3n) is 2.98. The van der Waals surface area contributed by atoms with Crippen molar-refractivity contribution in [2.75, 3.05) is 0 Å². The van der Waals surface area contributed by atoms with E-state index in [2.05, 4.69) is 32.6 Å². The molecule has 2 heteroatoms. The third-order valence-corrected chi connectivity index (χ3v) is 2.98. The number of carbonyl (C=O) groups excluding carboxylic acids is 1. The number of rotatable bonds is 1. The van der Waals surface area contributed by atoms with Crippen LogP contribution in [-0.4, -0.2) is 5.97 Å². The fraction of sp³-hybridized carbons (Fsp3) is 0.211. The van der Waals surface area contributed by atoms with Crippen LogP contribution in [0.4, 0.5) is 0 Å². The summed E-state index contributed by atoms with van der Waals surface area (Å²) in [7, 11) is 0. The van der Waals surface area contributed by atoms with Gasteiger partial charge in [0.2, 0.25) is 0 Å². The lowest BCUT2D eigenvalue weighted by Crippen LogP contribution is -2.15. The number of para-hydroxylation sites is 1. The molecule has 0 atom stereocenters. The Labute approximate surface area is 125 Å². The molecule has 106 valence electrons. The lowest BCUT2D eigenvalue weighted by Gasteiger charge is -2.21. The van der Waals surface area contributed by atoms with Crippen LogP contribution in [0.5, 0.6) is 5.75 Å². The normalized spacial score (nSPS) is 10.4. The second-order valence-electron chi connectivity index (χ2n) is 5.75. The van der Waals surface area contributed by atoms with Gasteiger partial charge in [0, 0.05) is 17.0 Å². The van der Waals surface area contributed by atoms with Gasteiger partial charge >= 0.3 is 5.97 Å². The Hall–Kier alpha value is -2.53. The summed E-state index contributed by atoms with van der Waals surface area (Å²) in [5.74, 6) is 5.33. The summed E-state index contributed by atoms with van der Waals surface area (Å²) in [6.45, 7) is 6.24. The van der Waals surface area contributed by atoms with Gasteiger partial charge in [-0.1, -0.05) is 63.1 Å². The molecular formula is C19H18O2. The molecule has 0 heterocycles. The number of ether oxygens (including phenoxy) is 1. The maximum Gasteiger partial charge on any atom is 0.390 e. The van der Waals surface area contributed by atoms with E-state index in [0.717, 1.165) is 11.1 Å². The van der Waals surface area contributed by atoms with Crippen molar-refractivity contribution >= 4 is 5.97 Å². The predicted molar refractivity (Wildman–Crippen MR) is 84.1 cm³/mol. The van der Waals surface area contributed by atoms with E-state index < -0.39 is 5.97 Å². The monoisotopic (exact) mass is 278 g/mol. The molecule has 0 spiro atoms. The van der Waals surface area contributed by atoms with E-state index in [1.165, 1.54) is 0 Å². The Morgan fingerprint density at radius 3 is 2.24 bits per heavy atom. The van der Waals surface area contributed by atoms with Crippen LogP contribution in [0.2, 0.25) is 0 Å². The standard InChI is InChI=1S/C19H18O2/c1-19(2,3)16-11-7-8-12-17(16)21-18(20)14-13-15-9-5-4-6-10-15/h4-12H,1-3H3. The van der Waals surface area contributed by atoms with Crippen LogP contribution in [0.15, 0.2) is 54.6 Å². The molecule has 0 saturated carbocycles. The molecule has 0 radical (unpaired) electrons. The quantitative estimate of drug-likeness (QED) is 0.448. The van der Waals surface area contributed by atoms with Crippen molar-refractivity contribution in [3.8, 4) is 17.6 Å². The minimum Gasteiger partial charge on any atom is -0.417 e. The van der Waals surface area contributed by atoms with Gasteiger partial charge in [-0.2, -0.15) is 0 Å². The highest BCUT2D eigenvalue weighted by molar-refractivity contribution is 5.91. The molecule has 0 N–H and O–H groups in total. The van der Waals surface area contributed by atoms with Crippen LogP contribution >= 0.6 is 0 Å². The van der Waals surface area contributed by atoms with E-state index >= 15 is 0 Å². The largest absolute Gasteiger partial charge is 0.417 e. The lowest BCUT2D eigenvalue weighted by atomic mass is 9.86. The number of carbonyl (C=O) groups is 1. The van der Waals surface area contributed by atoms with Gasteiger partial charge in [-0.15, -0.1) is 0 Å². The molecular weight excluding hydrogens is 260 g/mol. The first kappa shape index (κ1) is 14.9. The molecule has 0 aliphatic heterocycles. The molecule has 0 amide bonds. The highest BCUT2D eigenvalue weighted by Gasteiger charge is 2.19. The van der Waals surface area contributed by atoms with Gasteiger partial charge in [0.15, 0.2) is 0 Å². The lowest BCUT2D eigenvalue weighted by molar-refractivity contribution is -0.128. The fourth-order valence-electron chi connectivity index (χ4n) is 1.95. The third kappa shape index (κ3) is 4.22. The Morgan fingerprint density at radius 2 is 1.57 bits per heavy atom. The molecule has 0 unspecified atom stereocenters. The number of hydrogen-bond donors (Lipinski definition) is 0. The van der Waals surface area contributed by atoms with Gasteiger partial charge in [-0.25, -0.2) is 4.79 Å². The van der Waals surface area contributed by atoms with Gasteiger partial charge in [0.1, 0.15) is 5.75 Å². The van der Waals surface area contributed by atoms with E-state index in [9.17, 15) is 4.79 Å². The van der Waals surface area contributed by atoms with Crippen molar-refractivity contribution < 1.29 is 9.53 Å². The van der Waals surface area contributed by atoms with Crippen LogP contribution < -0.4 is 4.74 Å². The van der Waals surface area contributed by atoms with Crippen LogP contribution in [0, 0.1) is 11.8 Å². The predicted octanol–water partition coefficient (Wildman–Crippen LogP) is 3.94. The molecule has 0 bridgehead atoms. The molecule has 2 nitrogen and oxygen atoms in total. The summed E-state index contributed by atoms with van der Waals surface area (Å²) < 4.78 is 5.38. The number of benzene rings is 2. The SMILES string of the molecule is CC(C)(C)c1ccccc1OC(=O)C#Cc1ccccc1. The van der Waals surface area contributed by atoms with Gasteiger partial charge in [-0.3, -0.25) is 0 Å². The van der Waals surface area contributed by atoms with Gasteiger partial charge in [0.05, 0.1) is 0 Å². The zero-order valence-corrected chi connectivity index (χ0v) is 12.5. The van der Waals surface area contributed by atoms with Gasteiger partial charge < -0.3 is 4.74 Å². The van der Waals surface area contributed by atoms with Crippen molar-refractivity contribution in [3.63, 3.8) is 0 Å². The van der Waals surface area contributed by atoms with Gasteiger partial charge in [0.25, 0.3) is 0 Å². The van der Waals surface area contributed by atoms with Crippen molar-refractivity contribution in [2.45, 2.75) is 26.2 Å². The Balaban J connectivity index is 2.17. The highest BCUT2D eigenvalue weighted by atomic mass is 16.5. The maximum absolute atomic E-state index is 11.9. The topological polar surface area (TPSA) is 26.3 Å². The van der Waals surface area contributed by atoms with Crippen LogP contribution in [-0.2, 0) is 10.2 Å². The maximum atomic E-state index is 11.9. The molecule has 0 fully saturated rings. The molecule has 0 aliphatic rings. The molecule has 21 heavy (non-hydrogen) atoms. The molecule has 2 aromatic rings. The van der Waals surface area contributed by atoms with E-state index in [0.29, 0.717) is 5.75 Å². The van der Waals surface area contributed by atoms with Crippen molar-refractivity contribution in [1.82, 2.24) is 0 Å². The van der Waals surface area contributed by atoms with E-state index in [1.54, 1.807) is 6.07 Å². The average molecular weight is 278 g/mol. The molecule has 2 rings (SSSR count). The average Bonchev–Trinajstić information content (AvgIpc) is 2.46. The zero-order valence-electron chi connectivity index (χ0n) is 12.5. The zero-order chi connectivity index (χ0) is 15.3. The minimum atomic E-state index is -0.546. The van der Waals surface area contributed by atoms with Gasteiger partial charge in [-0.05, 0) is 23.6 Å². The second kappa shape index (κ2) is 6.28. The molecule has 0 aromatic heterocycles. The summed E-state index contributed by atoms with van der Waals surface area (Å²) in [5.41, 5.74) is 1.68. The summed E-state index contributed by atoms with van der Waals surface area (Å²) in [6.07, 6.45) is 0. The van der Waals surface area contributed by atoms with Crippen LogP contribution in [0.1, 0.15) is 31.9 Å². The Bertz CT molecular complexity index is 683. The van der Waals surface area contributed by atoms with Crippen molar-refractivity contribution in [1.29, 1.82) is 0 Å². The fourth-order valence-corrected chi connectivity index (χ4v) is 1.95. The van der Waals surface area contributed by atoms with E-state index in [-0.39, 0.29) is 5.41 Å². The minimum absolute atomic E-state index is 0.0935. The van der Waals surface area contributed by atoms with Crippen molar-refractivity contribution in [2.24, 2.45) is 0 Å². The first-order chi connectivity index (χ1) is 9.97. The first-order valence-electron chi connectivity index (χ1n) is 6.85. The van der Waals surface area contributed by atoms with E-state index in [1.807, 2.05) is 48.5 Å². The Morgan fingerprint density at radius 1 is 0.952 bits per heavy atom. The number of esters is 1. The summed E-state index contributed by atoms with van der Waals surface area (Å²) >= 11 is 0. The second-order valence-corrected chi connectivity index (χ2v) is 5.75. The first-order valence-corrected chi connectivity index (χ1v) is 6.85. The Kier molecular flexibility index (Phi) is 4.45. The van der Waals surface area contributed by atoms with Crippen molar-refractivity contribution in [3.05, 3.63) is 65.7 Å². The highest BCUT2D eigenvalue weighted by Crippen LogP contribution is 2.30. The van der Waals surface area contributed by atoms with Crippen LogP contribution in [0.3, 0.4) is 0 Å². The summed E-state index contributed by atoms with van der Waals surface area (Å²) in [4.78, 5) is 11.9.